The van der Waals surface area contributed by atoms with Crippen LogP contribution in [0.3, 0.4) is 0 Å². The van der Waals surface area contributed by atoms with Gasteiger partial charge in [0, 0.05) is 11.3 Å². The van der Waals surface area contributed by atoms with Crippen LogP contribution in [0.1, 0.15) is 36.3 Å². The summed E-state index contributed by atoms with van der Waals surface area (Å²) in [6.07, 6.45) is 2.19. The van der Waals surface area contributed by atoms with Gasteiger partial charge in [-0.2, -0.15) is 0 Å². The lowest BCUT2D eigenvalue weighted by molar-refractivity contribution is -0.555. The van der Waals surface area contributed by atoms with Gasteiger partial charge in [0.2, 0.25) is 5.78 Å². The third-order valence-electron chi connectivity index (χ3n) is 4.12. The molecule has 2 bridgehead atoms. The first-order valence-electron chi connectivity index (χ1n) is 5.92. The predicted molar refractivity (Wildman–Crippen MR) is 61.5 cm³/mol. The lowest BCUT2D eigenvalue weighted by Crippen LogP contribution is -2.55. The van der Waals surface area contributed by atoms with E-state index in [-0.39, 0.29) is 23.0 Å². The van der Waals surface area contributed by atoms with Gasteiger partial charge in [-0.15, -0.1) is 0 Å². The van der Waals surface area contributed by atoms with E-state index in [1.165, 1.54) is 0 Å². The Hall–Kier alpha value is -1.71. The highest BCUT2D eigenvalue weighted by Crippen LogP contribution is 2.44. The number of Topliss-reactive ketones (excluding diaryl/α,β-unsaturated/α-hetero) is 1. The Morgan fingerprint density at radius 1 is 1.35 bits per heavy atom. The van der Waals surface area contributed by atoms with Crippen LogP contribution >= 0.6 is 0 Å². The molecule has 17 heavy (non-hydrogen) atoms. The smallest absolute Gasteiger partial charge is 0.283 e. The van der Waals surface area contributed by atoms with Gasteiger partial charge in [0.05, 0.1) is 12.3 Å². The minimum atomic E-state index is -1.34. The summed E-state index contributed by atoms with van der Waals surface area (Å²) in [5, 5.41) is 11.3. The van der Waals surface area contributed by atoms with Crippen LogP contribution in [0.2, 0.25) is 0 Å². The summed E-state index contributed by atoms with van der Waals surface area (Å²) < 4.78 is 0. The van der Waals surface area contributed by atoms with Gasteiger partial charge >= 0.3 is 0 Å². The van der Waals surface area contributed by atoms with Gasteiger partial charge in [0.25, 0.3) is 5.54 Å². The highest BCUT2D eigenvalue weighted by atomic mass is 16.6. The standard InChI is InChI=1S/C13H13NO3/c15-12-11-6-3-7-13(12,14(16)17)8-9-4-1-2-5-10(9)11/h1-2,4-5,11H,3,6-8H2/t11-,13-/m1/s1. The molecule has 4 nitrogen and oxygen atoms in total. The summed E-state index contributed by atoms with van der Waals surface area (Å²) in [7, 11) is 0. The summed E-state index contributed by atoms with van der Waals surface area (Å²) in [6.45, 7) is 0. The summed E-state index contributed by atoms with van der Waals surface area (Å²) in [5.74, 6) is -0.424. The molecule has 2 atom stereocenters. The number of rotatable bonds is 1. The fourth-order valence-electron chi connectivity index (χ4n) is 3.25. The van der Waals surface area contributed by atoms with Crippen molar-refractivity contribution in [1.82, 2.24) is 0 Å². The van der Waals surface area contributed by atoms with Crippen molar-refractivity contribution in [2.24, 2.45) is 0 Å². The first kappa shape index (κ1) is 10.4. The van der Waals surface area contributed by atoms with Crippen LogP contribution in [0.25, 0.3) is 0 Å². The summed E-state index contributed by atoms with van der Waals surface area (Å²) >= 11 is 0. The molecule has 0 N–H and O–H groups in total. The Labute approximate surface area is 98.8 Å². The second-order valence-electron chi connectivity index (χ2n) is 4.97. The quantitative estimate of drug-likeness (QED) is 0.549. The predicted octanol–water partition coefficient (Wildman–Crippen LogP) is 2.09. The molecule has 0 unspecified atom stereocenters. The van der Waals surface area contributed by atoms with E-state index in [9.17, 15) is 14.9 Å². The van der Waals surface area contributed by atoms with E-state index in [0.29, 0.717) is 6.42 Å². The number of carbonyl (C=O) groups is 1. The zero-order valence-electron chi connectivity index (χ0n) is 9.39. The van der Waals surface area contributed by atoms with Crippen LogP contribution in [0.4, 0.5) is 0 Å². The molecule has 2 aliphatic rings. The van der Waals surface area contributed by atoms with Gasteiger partial charge in [-0.25, -0.2) is 0 Å². The number of ketones is 1. The van der Waals surface area contributed by atoms with Crippen LogP contribution in [0.5, 0.6) is 0 Å². The second kappa shape index (κ2) is 3.39. The Morgan fingerprint density at radius 3 is 2.88 bits per heavy atom. The van der Waals surface area contributed by atoms with Crippen molar-refractivity contribution in [3.63, 3.8) is 0 Å². The van der Waals surface area contributed by atoms with Crippen LogP contribution in [0.15, 0.2) is 24.3 Å². The van der Waals surface area contributed by atoms with Crippen LogP contribution in [0, 0.1) is 10.1 Å². The van der Waals surface area contributed by atoms with Crippen molar-refractivity contribution in [2.75, 3.05) is 0 Å². The Bertz CT molecular complexity index is 511. The SMILES string of the molecule is O=C1[C@@H]2CCC[C@@]1([N+](=O)[O-])Cc1ccccc12. The van der Waals surface area contributed by atoms with E-state index in [2.05, 4.69) is 0 Å². The molecular weight excluding hydrogens is 218 g/mol. The number of nitro groups is 1. The highest BCUT2D eigenvalue weighted by Gasteiger charge is 2.58. The van der Waals surface area contributed by atoms with Crippen LogP contribution in [-0.2, 0) is 11.2 Å². The number of hydrogen-bond donors (Lipinski definition) is 0. The number of benzene rings is 1. The minimum absolute atomic E-state index is 0.174. The third kappa shape index (κ3) is 1.27. The van der Waals surface area contributed by atoms with E-state index < -0.39 is 5.54 Å². The second-order valence-corrected chi connectivity index (χ2v) is 4.97. The van der Waals surface area contributed by atoms with Crippen molar-refractivity contribution >= 4 is 5.78 Å². The zero-order valence-corrected chi connectivity index (χ0v) is 9.39. The molecule has 88 valence electrons. The zero-order chi connectivity index (χ0) is 12.0. The Balaban J connectivity index is 2.18. The van der Waals surface area contributed by atoms with Crippen molar-refractivity contribution in [3.8, 4) is 0 Å². The molecule has 3 rings (SSSR count). The molecule has 1 saturated carbocycles. The molecule has 0 amide bonds. The maximum atomic E-state index is 12.3. The normalized spacial score (nSPS) is 30.8. The molecule has 0 aliphatic heterocycles. The molecule has 1 aromatic rings. The van der Waals surface area contributed by atoms with Crippen LogP contribution < -0.4 is 0 Å². The molecule has 1 aromatic carbocycles. The summed E-state index contributed by atoms with van der Waals surface area (Å²) in [6, 6.07) is 7.64. The van der Waals surface area contributed by atoms with Crippen LogP contribution in [-0.4, -0.2) is 16.2 Å². The Morgan fingerprint density at radius 2 is 2.12 bits per heavy atom. The monoisotopic (exact) mass is 231 g/mol. The van der Waals surface area contributed by atoms with Crippen molar-refractivity contribution < 1.29 is 9.72 Å². The lowest BCUT2D eigenvalue weighted by atomic mass is 9.64. The van der Waals surface area contributed by atoms with Crippen molar-refractivity contribution in [1.29, 1.82) is 0 Å². The van der Waals surface area contributed by atoms with E-state index in [1.807, 2.05) is 24.3 Å². The molecule has 0 heterocycles. The lowest BCUT2D eigenvalue weighted by Gasteiger charge is -2.38. The van der Waals surface area contributed by atoms with E-state index in [4.69, 9.17) is 0 Å². The summed E-state index contributed by atoms with van der Waals surface area (Å²) in [5.41, 5.74) is 0.653. The maximum absolute atomic E-state index is 12.3. The molecule has 0 spiro atoms. The average Bonchev–Trinajstić information content (AvgIpc) is 2.29. The van der Waals surface area contributed by atoms with Gasteiger partial charge in [0.15, 0.2) is 0 Å². The van der Waals surface area contributed by atoms with Crippen molar-refractivity contribution in [3.05, 3.63) is 45.5 Å². The largest absolute Gasteiger partial charge is 0.291 e. The molecule has 0 radical (unpaired) electrons. The van der Waals surface area contributed by atoms with E-state index in [1.54, 1.807) is 0 Å². The summed E-state index contributed by atoms with van der Waals surface area (Å²) in [4.78, 5) is 23.2. The first-order chi connectivity index (χ1) is 8.15. The third-order valence-corrected chi connectivity index (χ3v) is 4.12. The van der Waals surface area contributed by atoms with E-state index in [0.717, 1.165) is 24.0 Å². The first-order valence-corrected chi connectivity index (χ1v) is 5.92. The molecule has 0 aromatic heterocycles. The fraction of sp³-hybridized carbons (Fsp3) is 0.462. The van der Waals surface area contributed by atoms with Gasteiger partial charge in [-0.3, -0.25) is 14.9 Å². The highest BCUT2D eigenvalue weighted by molar-refractivity contribution is 5.96. The number of hydrogen-bond acceptors (Lipinski definition) is 3. The molecule has 1 fully saturated rings. The topological polar surface area (TPSA) is 60.2 Å². The number of carbonyl (C=O) groups excluding carboxylic acids is 1. The Kier molecular flexibility index (Phi) is 2.08. The van der Waals surface area contributed by atoms with Gasteiger partial charge < -0.3 is 0 Å². The molecule has 0 saturated heterocycles. The maximum Gasteiger partial charge on any atom is 0.283 e. The number of fused-ring (bicyclic) bond motifs is 4. The van der Waals surface area contributed by atoms with Crippen molar-refractivity contribution in [2.45, 2.75) is 37.1 Å². The van der Waals surface area contributed by atoms with Gasteiger partial charge in [0.1, 0.15) is 0 Å². The molecule has 2 aliphatic carbocycles. The van der Waals surface area contributed by atoms with Gasteiger partial charge in [-0.05, 0) is 24.0 Å². The minimum Gasteiger partial charge on any atom is -0.291 e. The van der Waals surface area contributed by atoms with E-state index >= 15 is 0 Å². The average molecular weight is 231 g/mol. The number of nitrogens with zero attached hydrogens (tertiary/aromatic N) is 1. The van der Waals surface area contributed by atoms with Gasteiger partial charge in [-0.1, -0.05) is 24.3 Å². The molecule has 4 heteroatoms. The molecular formula is C13H13NO3. The fourth-order valence-corrected chi connectivity index (χ4v) is 3.25.